The highest BCUT2D eigenvalue weighted by atomic mass is 79.9. The van der Waals surface area contributed by atoms with Gasteiger partial charge in [-0.3, -0.25) is 4.72 Å². The highest BCUT2D eigenvalue weighted by molar-refractivity contribution is 9.10. The Labute approximate surface area is 116 Å². The van der Waals surface area contributed by atoms with Gasteiger partial charge < -0.3 is 0 Å². The molecule has 0 radical (unpaired) electrons. The van der Waals surface area contributed by atoms with Crippen molar-refractivity contribution in [2.24, 2.45) is 0 Å². The van der Waals surface area contributed by atoms with Crippen LogP contribution < -0.4 is 4.72 Å². The number of hydrogen-bond acceptors (Lipinski definition) is 3. The molecule has 0 amide bonds. The summed E-state index contributed by atoms with van der Waals surface area (Å²) in [5, 5.41) is -0.787. The molecule has 100 valence electrons. The number of nitrogens with zero attached hydrogens (tertiary/aromatic N) is 1. The predicted molar refractivity (Wildman–Crippen MR) is 69.1 cm³/mol. The summed E-state index contributed by atoms with van der Waals surface area (Å²) in [4.78, 5) is 3.44. The summed E-state index contributed by atoms with van der Waals surface area (Å²) < 4.78 is 52.9. The van der Waals surface area contributed by atoms with Gasteiger partial charge in [0.15, 0.2) is 5.82 Å². The molecule has 2 aromatic rings. The van der Waals surface area contributed by atoms with E-state index in [2.05, 4.69) is 20.9 Å². The average Bonchev–Trinajstić information content (AvgIpc) is 2.34. The zero-order valence-corrected chi connectivity index (χ0v) is 11.7. The van der Waals surface area contributed by atoms with E-state index in [4.69, 9.17) is 0 Å². The van der Waals surface area contributed by atoms with E-state index in [1.54, 1.807) is 0 Å². The van der Waals surface area contributed by atoms with E-state index in [9.17, 15) is 17.2 Å². The van der Waals surface area contributed by atoms with E-state index in [0.29, 0.717) is 0 Å². The van der Waals surface area contributed by atoms with E-state index in [0.717, 1.165) is 18.3 Å². The lowest BCUT2D eigenvalue weighted by Gasteiger charge is -2.10. The monoisotopic (exact) mass is 348 g/mol. The van der Waals surface area contributed by atoms with Crippen LogP contribution in [0, 0.1) is 11.6 Å². The number of pyridine rings is 1. The first-order valence-corrected chi connectivity index (χ1v) is 7.27. The van der Waals surface area contributed by atoms with Gasteiger partial charge in [-0.25, -0.2) is 13.8 Å². The molecule has 8 heteroatoms. The Morgan fingerprint density at radius 3 is 2.42 bits per heavy atom. The minimum Gasteiger partial charge on any atom is -0.274 e. The maximum atomic E-state index is 13.5. The zero-order valence-electron chi connectivity index (χ0n) is 9.27. The first kappa shape index (κ1) is 13.9. The van der Waals surface area contributed by atoms with Gasteiger partial charge >= 0.3 is 0 Å². The van der Waals surface area contributed by atoms with Gasteiger partial charge in [-0.1, -0.05) is 6.07 Å². The molecule has 0 saturated heterocycles. The zero-order chi connectivity index (χ0) is 14.0. The van der Waals surface area contributed by atoms with Gasteiger partial charge in [-0.15, -0.1) is 0 Å². The highest BCUT2D eigenvalue weighted by Gasteiger charge is 2.22. The molecule has 1 aromatic heterocycles. The van der Waals surface area contributed by atoms with Crippen LogP contribution >= 0.6 is 15.9 Å². The lowest BCUT2D eigenvalue weighted by atomic mass is 10.3. The molecule has 0 aliphatic rings. The molecular formula is C11H7BrF2N2O2S. The Hall–Kier alpha value is -1.54. The quantitative estimate of drug-likeness (QED) is 0.927. The van der Waals surface area contributed by atoms with E-state index in [1.165, 1.54) is 18.2 Å². The number of aromatic nitrogens is 1. The van der Waals surface area contributed by atoms with Gasteiger partial charge in [-0.05, 0) is 40.2 Å². The van der Waals surface area contributed by atoms with E-state index in [1.807, 2.05) is 4.72 Å². The van der Waals surface area contributed by atoms with Crippen molar-refractivity contribution in [1.29, 1.82) is 0 Å². The fourth-order valence-electron chi connectivity index (χ4n) is 1.35. The molecule has 1 heterocycles. The molecule has 2 rings (SSSR count). The SMILES string of the molecule is O=S(=O)(Nc1c(F)cccc1Br)c1ncccc1F. The largest absolute Gasteiger partial charge is 0.282 e. The van der Waals surface area contributed by atoms with Gasteiger partial charge in [-0.2, -0.15) is 8.42 Å². The smallest absolute Gasteiger partial charge is 0.274 e. The Balaban J connectivity index is 2.46. The van der Waals surface area contributed by atoms with Gasteiger partial charge in [0.1, 0.15) is 5.82 Å². The minimum absolute atomic E-state index is 0.201. The van der Waals surface area contributed by atoms with E-state index in [-0.39, 0.29) is 10.2 Å². The topological polar surface area (TPSA) is 59.1 Å². The third kappa shape index (κ3) is 2.90. The second-order valence-electron chi connectivity index (χ2n) is 3.49. The summed E-state index contributed by atoms with van der Waals surface area (Å²) >= 11 is 3.01. The molecule has 0 spiro atoms. The third-order valence-corrected chi connectivity index (χ3v) is 4.12. The lowest BCUT2D eigenvalue weighted by Crippen LogP contribution is -2.17. The third-order valence-electron chi connectivity index (χ3n) is 2.18. The van der Waals surface area contributed by atoms with Crippen molar-refractivity contribution in [1.82, 2.24) is 4.98 Å². The normalized spacial score (nSPS) is 11.3. The van der Waals surface area contributed by atoms with Gasteiger partial charge in [0, 0.05) is 10.7 Å². The van der Waals surface area contributed by atoms with Crippen molar-refractivity contribution in [3.63, 3.8) is 0 Å². The first-order chi connectivity index (χ1) is 8.92. The van der Waals surface area contributed by atoms with Crippen molar-refractivity contribution < 1.29 is 17.2 Å². The second kappa shape index (κ2) is 5.22. The number of benzene rings is 1. The summed E-state index contributed by atoms with van der Waals surface area (Å²) in [5.74, 6) is -1.79. The van der Waals surface area contributed by atoms with Gasteiger partial charge in [0.25, 0.3) is 10.0 Å². The molecule has 0 unspecified atom stereocenters. The van der Waals surface area contributed by atoms with Crippen molar-refractivity contribution in [3.05, 3.63) is 52.6 Å². The number of hydrogen-bond donors (Lipinski definition) is 1. The fraction of sp³-hybridized carbons (Fsp3) is 0. The number of sulfonamides is 1. The summed E-state index contributed by atoms with van der Waals surface area (Å²) in [5.41, 5.74) is -0.299. The average molecular weight is 349 g/mol. The Morgan fingerprint density at radius 2 is 1.79 bits per heavy atom. The molecule has 0 bridgehead atoms. The number of anilines is 1. The van der Waals surface area contributed by atoms with Crippen LogP contribution in [-0.4, -0.2) is 13.4 Å². The van der Waals surface area contributed by atoms with Gasteiger partial charge in [0.2, 0.25) is 5.03 Å². The van der Waals surface area contributed by atoms with E-state index >= 15 is 0 Å². The maximum Gasteiger partial charge on any atom is 0.282 e. The van der Waals surface area contributed by atoms with Crippen LogP contribution in [0.3, 0.4) is 0 Å². The molecule has 0 fully saturated rings. The Kier molecular flexibility index (Phi) is 3.81. The number of halogens is 3. The first-order valence-electron chi connectivity index (χ1n) is 4.99. The number of nitrogens with one attached hydrogen (secondary N) is 1. The van der Waals surface area contributed by atoms with Crippen LogP contribution in [0.4, 0.5) is 14.5 Å². The summed E-state index contributed by atoms with van der Waals surface area (Å²) in [6, 6.07) is 6.15. The van der Waals surface area contributed by atoms with Crippen molar-refractivity contribution >= 4 is 31.6 Å². The summed E-state index contributed by atoms with van der Waals surface area (Å²) in [7, 11) is -4.30. The molecule has 0 aliphatic carbocycles. The molecule has 0 saturated carbocycles. The van der Waals surface area contributed by atoms with E-state index < -0.39 is 26.7 Å². The van der Waals surface area contributed by atoms with Crippen LogP contribution in [0.15, 0.2) is 46.0 Å². The second-order valence-corrected chi connectivity index (χ2v) is 5.94. The van der Waals surface area contributed by atoms with Crippen molar-refractivity contribution in [2.45, 2.75) is 5.03 Å². The Morgan fingerprint density at radius 1 is 1.11 bits per heavy atom. The van der Waals surface area contributed by atoms with Crippen molar-refractivity contribution in [3.8, 4) is 0 Å². The number of rotatable bonds is 3. The van der Waals surface area contributed by atoms with Crippen LogP contribution in [0.5, 0.6) is 0 Å². The van der Waals surface area contributed by atoms with Crippen molar-refractivity contribution in [2.75, 3.05) is 4.72 Å². The maximum absolute atomic E-state index is 13.5. The molecule has 0 aliphatic heterocycles. The Bertz CT molecular complexity index is 702. The predicted octanol–water partition coefficient (Wildman–Crippen LogP) is 2.92. The van der Waals surface area contributed by atoms with Crippen LogP contribution in [-0.2, 0) is 10.0 Å². The standard InChI is InChI=1S/C11H7BrF2N2O2S/c12-7-3-1-4-8(13)10(7)16-19(17,18)11-9(14)5-2-6-15-11/h1-6,16H. The van der Waals surface area contributed by atoms with Crippen LogP contribution in [0.2, 0.25) is 0 Å². The molecular weight excluding hydrogens is 342 g/mol. The lowest BCUT2D eigenvalue weighted by molar-refractivity contribution is 0.556. The summed E-state index contributed by atoms with van der Waals surface area (Å²) in [6.45, 7) is 0. The van der Waals surface area contributed by atoms with Crippen LogP contribution in [0.1, 0.15) is 0 Å². The molecule has 4 nitrogen and oxygen atoms in total. The van der Waals surface area contributed by atoms with Gasteiger partial charge in [0.05, 0.1) is 5.69 Å². The number of para-hydroxylation sites is 1. The molecule has 1 aromatic carbocycles. The van der Waals surface area contributed by atoms with Crippen LogP contribution in [0.25, 0.3) is 0 Å². The molecule has 19 heavy (non-hydrogen) atoms. The molecule has 1 N–H and O–H groups in total. The fourth-order valence-corrected chi connectivity index (χ4v) is 3.02. The summed E-state index contributed by atoms with van der Waals surface area (Å²) in [6.07, 6.45) is 1.13. The minimum atomic E-state index is -4.30. The molecule has 0 atom stereocenters. The highest BCUT2D eigenvalue weighted by Crippen LogP contribution is 2.27.